The number of hydrogen-bond acceptors (Lipinski definition) is 2. The molecule has 0 fully saturated rings. The van der Waals surface area contributed by atoms with E-state index < -0.39 is 11.6 Å². The monoisotopic (exact) mass is 276 g/mol. The molecule has 106 valence electrons. The van der Waals surface area contributed by atoms with Gasteiger partial charge in [-0.15, -0.1) is 0 Å². The third-order valence-corrected chi connectivity index (χ3v) is 3.28. The molecule has 0 aromatic heterocycles. The quantitative estimate of drug-likeness (QED) is 0.928. The summed E-state index contributed by atoms with van der Waals surface area (Å²) in [6.45, 7) is 0. The molecule has 0 bridgehead atoms. The molecular formula is C16H18F2N2. The van der Waals surface area contributed by atoms with Crippen molar-refractivity contribution in [3.8, 4) is 0 Å². The average Bonchev–Trinajstić information content (AvgIpc) is 2.43. The van der Waals surface area contributed by atoms with E-state index in [1.165, 1.54) is 6.07 Å². The molecule has 2 aromatic carbocycles. The zero-order valence-corrected chi connectivity index (χ0v) is 11.6. The summed E-state index contributed by atoms with van der Waals surface area (Å²) in [7, 11) is 3.94. The van der Waals surface area contributed by atoms with Crippen LogP contribution in [-0.4, -0.2) is 14.1 Å². The highest BCUT2D eigenvalue weighted by molar-refractivity contribution is 5.46. The maximum atomic E-state index is 13.2. The van der Waals surface area contributed by atoms with Crippen molar-refractivity contribution in [3.63, 3.8) is 0 Å². The van der Waals surface area contributed by atoms with Crippen LogP contribution in [0.15, 0.2) is 42.5 Å². The van der Waals surface area contributed by atoms with Gasteiger partial charge in [-0.3, -0.25) is 0 Å². The molecule has 0 saturated heterocycles. The summed E-state index contributed by atoms with van der Waals surface area (Å²) in [5, 5.41) is 0. The molecule has 0 spiro atoms. The predicted octanol–water partition coefficient (Wildman–Crippen LogP) is 3.27. The first-order chi connectivity index (χ1) is 9.47. The predicted molar refractivity (Wildman–Crippen MR) is 77.8 cm³/mol. The molecule has 0 amide bonds. The minimum atomic E-state index is -0.836. The smallest absolute Gasteiger partial charge is 0.159 e. The standard InChI is InChI=1S/C16H18F2N2/c1-20(2)13-6-4-12(5-7-13)16(19)10-11-3-8-14(17)15(18)9-11/h3-9,16H,10,19H2,1-2H3. The van der Waals surface area contributed by atoms with Crippen LogP contribution in [-0.2, 0) is 6.42 Å². The fourth-order valence-corrected chi connectivity index (χ4v) is 2.06. The second-order valence-electron chi connectivity index (χ2n) is 5.05. The topological polar surface area (TPSA) is 29.3 Å². The Morgan fingerprint density at radius 3 is 2.20 bits per heavy atom. The summed E-state index contributed by atoms with van der Waals surface area (Å²) >= 11 is 0. The van der Waals surface area contributed by atoms with Gasteiger partial charge >= 0.3 is 0 Å². The minimum absolute atomic E-state index is 0.240. The van der Waals surface area contributed by atoms with Crippen LogP contribution in [0.4, 0.5) is 14.5 Å². The number of halogens is 2. The summed E-state index contributed by atoms with van der Waals surface area (Å²) in [6.07, 6.45) is 0.471. The lowest BCUT2D eigenvalue weighted by Crippen LogP contribution is -2.14. The van der Waals surface area contributed by atoms with Gasteiger partial charge in [-0.2, -0.15) is 0 Å². The van der Waals surface area contributed by atoms with E-state index in [4.69, 9.17) is 5.73 Å². The number of hydrogen-bond donors (Lipinski definition) is 1. The van der Waals surface area contributed by atoms with Crippen LogP contribution in [0.5, 0.6) is 0 Å². The van der Waals surface area contributed by atoms with Crippen molar-refractivity contribution in [2.45, 2.75) is 12.5 Å². The van der Waals surface area contributed by atoms with E-state index in [0.717, 1.165) is 17.3 Å². The first kappa shape index (κ1) is 14.5. The zero-order chi connectivity index (χ0) is 14.7. The van der Waals surface area contributed by atoms with Gasteiger partial charge in [0.1, 0.15) is 0 Å². The first-order valence-corrected chi connectivity index (χ1v) is 6.44. The molecule has 1 atom stereocenters. The second kappa shape index (κ2) is 6.01. The molecular weight excluding hydrogens is 258 g/mol. The van der Waals surface area contributed by atoms with Gasteiger partial charge in [0.2, 0.25) is 0 Å². The molecule has 4 heteroatoms. The van der Waals surface area contributed by atoms with Gasteiger partial charge in [0.25, 0.3) is 0 Å². The van der Waals surface area contributed by atoms with Crippen LogP contribution >= 0.6 is 0 Å². The number of nitrogens with zero attached hydrogens (tertiary/aromatic N) is 1. The molecule has 2 nitrogen and oxygen atoms in total. The van der Waals surface area contributed by atoms with Crippen molar-refractivity contribution < 1.29 is 8.78 Å². The number of nitrogens with two attached hydrogens (primary N) is 1. The Balaban J connectivity index is 2.10. The normalized spacial score (nSPS) is 12.2. The highest BCUT2D eigenvalue weighted by atomic mass is 19.2. The number of benzene rings is 2. The molecule has 0 heterocycles. The van der Waals surface area contributed by atoms with Gasteiger partial charge in [-0.1, -0.05) is 18.2 Å². The van der Waals surface area contributed by atoms with E-state index in [-0.39, 0.29) is 6.04 Å². The average molecular weight is 276 g/mol. The van der Waals surface area contributed by atoms with Crippen LogP contribution in [0.1, 0.15) is 17.2 Å². The van der Waals surface area contributed by atoms with Crippen molar-refractivity contribution in [1.29, 1.82) is 0 Å². The lowest BCUT2D eigenvalue weighted by Gasteiger charge is -2.16. The van der Waals surface area contributed by atoms with Crippen LogP contribution < -0.4 is 10.6 Å². The SMILES string of the molecule is CN(C)c1ccc(C(N)Cc2ccc(F)c(F)c2)cc1. The van der Waals surface area contributed by atoms with Crippen LogP contribution in [0, 0.1) is 11.6 Å². The maximum absolute atomic E-state index is 13.2. The first-order valence-electron chi connectivity index (χ1n) is 6.44. The summed E-state index contributed by atoms with van der Waals surface area (Å²) in [6, 6.07) is 11.5. The van der Waals surface area contributed by atoms with Crippen LogP contribution in [0.2, 0.25) is 0 Å². The largest absolute Gasteiger partial charge is 0.378 e. The Morgan fingerprint density at radius 1 is 1.00 bits per heavy atom. The van der Waals surface area contributed by atoms with Crippen molar-refractivity contribution in [2.24, 2.45) is 5.73 Å². The van der Waals surface area contributed by atoms with Gasteiger partial charge in [-0.05, 0) is 41.8 Å². The van der Waals surface area contributed by atoms with Gasteiger partial charge in [0.15, 0.2) is 11.6 Å². The molecule has 0 saturated carbocycles. The van der Waals surface area contributed by atoms with E-state index in [9.17, 15) is 8.78 Å². The lowest BCUT2D eigenvalue weighted by atomic mass is 9.99. The molecule has 0 aliphatic carbocycles. The molecule has 0 radical (unpaired) electrons. The van der Waals surface area contributed by atoms with Gasteiger partial charge in [-0.25, -0.2) is 8.78 Å². The summed E-state index contributed by atoms with van der Waals surface area (Å²) in [5.74, 6) is -1.67. The van der Waals surface area contributed by atoms with E-state index in [0.29, 0.717) is 12.0 Å². The molecule has 2 rings (SSSR count). The molecule has 20 heavy (non-hydrogen) atoms. The van der Waals surface area contributed by atoms with E-state index in [1.54, 1.807) is 6.07 Å². The Kier molecular flexibility index (Phi) is 4.35. The summed E-state index contributed by atoms with van der Waals surface area (Å²) in [4.78, 5) is 2.00. The van der Waals surface area contributed by atoms with Crippen LogP contribution in [0.25, 0.3) is 0 Å². The Morgan fingerprint density at radius 2 is 1.65 bits per heavy atom. The zero-order valence-electron chi connectivity index (χ0n) is 11.6. The molecule has 0 aliphatic rings. The molecule has 2 aromatic rings. The third kappa shape index (κ3) is 3.33. The molecule has 1 unspecified atom stereocenters. The van der Waals surface area contributed by atoms with E-state index in [1.807, 2.05) is 43.3 Å². The second-order valence-corrected chi connectivity index (χ2v) is 5.05. The molecule has 0 aliphatic heterocycles. The highest BCUT2D eigenvalue weighted by Gasteiger charge is 2.09. The van der Waals surface area contributed by atoms with Gasteiger partial charge in [0.05, 0.1) is 0 Å². The third-order valence-electron chi connectivity index (χ3n) is 3.28. The lowest BCUT2D eigenvalue weighted by molar-refractivity contribution is 0.506. The highest BCUT2D eigenvalue weighted by Crippen LogP contribution is 2.20. The fraction of sp³-hybridized carbons (Fsp3) is 0.250. The number of anilines is 1. The maximum Gasteiger partial charge on any atom is 0.159 e. The Bertz CT molecular complexity index is 580. The minimum Gasteiger partial charge on any atom is -0.378 e. The Labute approximate surface area is 117 Å². The van der Waals surface area contributed by atoms with E-state index >= 15 is 0 Å². The van der Waals surface area contributed by atoms with Crippen molar-refractivity contribution in [1.82, 2.24) is 0 Å². The fourth-order valence-electron chi connectivity index (χ4n) is 2.06. The Hall–Kier alpha value is -1.94. The van der Waals surface area contributed by atoms with Crippen molar-refractivity contribution >= 4 is 5.69 Å². The summed E-state index contributed by atoms with van der Waals surface area (Å²) < 4.78 is 26.0. The number of rotatable bonds is 4. The summed E-state index contributed by atoms with van der Waals surface area (Å²) in [5.41, 5.74) is 8.86. The van der Waals surface area contributed by atoms with Gasteiger partial charge in [0, 0.05) is 25.8 Å². The van der Waals surface area contributed by atoms with Gasteiger partial charge < -0.3 is 10.6 Å². The molecule has 2 N–H and O–H groups in total. The van der Waals surface area contributed by atoms with Crippen LogP contribution in [0.3, 0.4) is 0 Å². The van der Waals surface area contributed by atoms with Crippen molar-refractivity contribution in [3.05, 3.63) is 65.2 Å². The van der Waals surface area contributed by atoms with Crippen molar-refractivity contribution in [2.75, 3.05) is 19.0 Å². The van der Waals surface area contributed by atoms with E-state index in [2.05, 4.69) is 0 Å².